The first-order chi connectivity index (χ1) is 9.64. The van der Waals surface area contributed by atoms with Crippen LogP contribution in [0.25, 0.3) is 0 Å². The zero-order valence-corrected chi connectivity index (χ0v) is 13.8. The van der Waals surface area contributed by atoms with E-state index in [1.165, 1.54) is 0 Å². The average Bonchev–Trinajstić information content (AvgIpc) is 2.57. The molecule has 1 aliphatic rings. The van der Waals surface area contributed by atoms with Gasteiger partial charge in [-0.3, -0.25) is 0 Å². The summed E-state index contributed by atoms with van der Waals surface area (Å²) in [7, 11) is -0.480. The van der Waals surface area contributed by atoms with E-state index in [4.69, 9.17) is 19.8 Å². The highest BCUT2D eigenvalue weighted by molar-refractivity contribution is 6.47. The molecule has 1 fully saturated rings. The van der Waals surface area contributed by atoms with E-state index in [1.807, 2.05) is 65.8 Å². The van der Waals surface area contributed by atoms with Gasteiger partial charge in [0, 0.05) is 5.56 Å². The molecule has 0 bridgehead atoms. The minimum Gasteiger partial charge on any atom is -0.491 e. The molecule has 0 aromatic heterocycles. The third-order valence-corrected chi connectivity index (χ3v) is 4.21. The monoisotopic (exact) mass is 291 g/mol. The van der Waals surface area contributed by atoms with E-state index in [-0.39, 0.29) is 23.2 Å². The standard InChI is InChI=1S/C16H26BNO3/c1-11(2)19-13-10-8-7-9-12(13)14(18)17-20-15(3,4)16(5,6)21-17/h7-11,14H,18H2,1-6H3/t14-/m0/s1. The Labute approximate surface area is 128 Å². The average molecular weight is 291 g/mol. The van der Waals surface area contributed by atoms with Crippen LogP contribution in [0.3, 0.4) is 0 Å². The van der Waals surface area contributed by atoms with Crippen molar-refractivity contribution in [2.45, 2.75) is 64.8 Å². The van der Waals surface area contributed by atoms with Crippen LogP contribution in [0, 0.1) is 0 Å². The van der Waals surface area contributed by atoms with E-state index in [9.17, 15) is 0 Å². The van der Waals surface area contributed by atoms with Crippen LogP contribution >= 0.6 is 0 Å². The molecule has 0 saturated carbocycles. The fourth-order valence-electron chi connectivity index (χ4n) is 2.30. The van der Waals surface area contributed by atoms with Gasteiger partial charge in [0.05, 0.1) is 23.2 Å². The number of rotatable bonds is 4. The summed E-state index contributed by atoms with van der Waals surface area (Å²) >= 11 is 0. The van der Waals surface area contributed by atoms with Crippen LogP contribution in [0.2, 0.25) is 0 Å². The second-order valence-corrected chi connectivity index (χ2v) is 6.85. The summed E-state index contributed by atoms with van der Waals surface area (Å²) in [5.74, 6) is 0.399. The quantitative estimate of drug-likeness (QED) is 0.866. The van der Waals surface area contributed by atoms with Crippen molar-refractivity contribution >= 4 is 7.12 Å². The maximum atomic E-state index is 6.39. The van der Waals surface area contributed by atoms with Gasteiger partial charge in [0.2, 0.25) is 0 Å². The molecule has 0 aliphatic carbocycles. The highest BCUT2D eigenvalue weighted by atomic mass is 16.7. The molecule has 1 aromatic rings. The van der Waals surface area contributed by atoms with Crippen molar-refractivity contribution in [2.75, 3.05) is 0 Å². The summed E-state index contributed by atoms with van der Waals surface area (Å²) in [4.78, 5) is 0. The highest BCUT2D eigenvalue weighted by Crippen LogP contribution is 2.40. The number of ether oxygens (including phenoxy) is 1. The van der Waals surface area contributed by atoms with Crippen molar-refractivity contribution < 1.29 is 14.0 Å². The van der Waals surface area contributed by atoms with E-state index in [1.54, 1.807) is 0 Å². The molecule has 2 N–H and O–H groups in total. The van der Waals surface area contributed by atoms with Crippen molar-refractivity contribution in [1.82, 2.24) is 0 Å². The molecule has 1 heterocycles. The summed E-state index contributed by atoms with van der Waals surface area (Å²) in [5.41, 5.74) is 6.52. The molecule has 1 aliphatic heterocycles. The first kappa shape index (κ1) is 16.3. The minimum atomic E-state index is -0.480. The first-order valence-corrected chi connectivity index (χ1v) is 7.51. The van der Waals surface area contributed by atoms with Crippen LogP contribution in [0.5, 0.6) is 5.75 Å². The zero-order valence-electron chi connectivity index (χ0n) is 13.8. The lowest BCUT2D eigenvalue weighted by molar-refractivity contribution is 0.00578. The van der Waals surface area contributed by atoms with E-state index < -0.39 is 7.12 Å². The SMILES string of the molecule is CC(C)Oc1ccccc1[C@H](N)B1OC(C)(C)C(C)(C)O1. The summed E-state index contributed by atoms with van der Waals surface area (Å²) in [6.45, 7) is 12.1. The summed E-state index contributed by atoms with van der Waals surface area (Å²) in [6.07, 6.45) is 0.0941. The van der Waals surface area contributed by atoms with E-state index in [0.717, 1.165) is 11.3 Å². The normalized spacial score (nSPS) is 21.6. The number of para-hydroxylation sites is 1. The molecule has 0 unspecified atom stereocenters. The van der Waals surface area contributed by atoms with Crippen LogP contribution in [0.4, 0.5) is 0 Å². The zero-order chi connectivity index (χ0) is 15.8. The van der Waals surface area contributed by atoms with Crippen LogP contribution < -0.4 is 10.5 Å². The fourth-order valence-corrected chi connectivity index (χ4v) is 2.30. The van der Waals surface area contributed by atoms with Crippen LogP contribution in [0.15, 0.2) is 24.3 Å². The highest BCUT2D eigenvalue weighted by Gasteiger charge is 2.53. The Morgan fingerprint density at radius 3 is 2.10 bits per heavy atom. The predicted octanol–water partition coefficient (Wildman–Crippen LogP) is 3.11. The Kier molecular flexibility index (Phi) is 4.38. The van der Waals surface area contributed by atoms with Crippen molar-refractivity contribution in [1.29, 1.82) is 0 Å². The molecule has 2 rings (SSSR count). The molecule has 5 heteroatoms. The molecular formula is C16H26BNO3. The van der Waals surface area contributed by atoms with E-state index in [0.29, 0.717) is 0 Å². The molecular weight excluding hydrogens is 265 g/mol. The van der Waals surface area contributed by atoms with Gasteiger partial charge in [-0.2, -0.15) is 0 Å². The molecule has 116 valence electrons. The summed E-state index contributed by atoms with van der Waals surface area (Å²) < 4.78 is 17.9. The van der Waals surface area contributed by atoms with Gasteiger partial charge in [-0.15, -0.1) is 0 Å². The fraction of sp³-hybridized carbons (Fsp3) is 0.625. The first-order valence-electron chi connectivity index (χ1n) is 7.51. The molecule has 4 nitrogen and oxygen atoms in total. The Bertz CT molecular complexity index is 486. The van der Waals surface area contributed by atoms with Crippen LogP contribution in [-0.4, -0.2) is 24.4 Å². The lowest BCUT2D eigenvalue weighted by Gasteiger charge is -2.32. The molecule has 0 amide bonds. The van der Waals surface area contributed by atoms with Crippen molar-refractivity contribution in [2.24, 2.45) is 5.73 Å². The van der Waals surface area contributed by atoms with E-state index >= 15 is 0 Å². The molecule has 1 saturated heterocycles. The molecule has 1 atom stereocenters. The maximum absolute atomic E-state index is 6.39. The Hall–Kier alpha value is -1.04. The number of benzene rings is 1. The maximum Gasteiger partial charge on any atom is 0.480 e. The van der Waals surface area contributed by atoms with Crippen molar-refractivity contribution in [3.63, 3.8) is 0 Å². The van der Waals surface area contributed by atoms with Gasteiger partial charge in [0.1, 0.15) is 5.75 Å². The summed E-state index contributed by atoms with van der Waals surface area (Å²) in [6, 6.07) is 7.79. The lowest BCUT2D eigenvalue weighted by Crippen LogP contribution is -2.41. The third kappa shape index (κ3) is 3.25. The van der Waals surface area contributed by atoms with Gasteiger partial charge in [-0.05, 0) is 47.6 Å². The number of hydrogen-bond acceptors (Lipinski definition) is 4. The second-order valence-electron chi connectivity index (χ2n) is 6.85. The van der Waals surface area contributed by atoms with Gasteiger partial charge in [-0.1, -0.05) is 18.2 Å². The topological polar surface area (TPSA) is 53.7 Å². The molecule has 21 heavy (non-hydrogen) atoms. The van der Waals surface area contributed by atoms with Crippen molar-refractivity contribution in [3.05, 3.63) is 29.8 Å². The molecule has 0 radical (unpaired) electrons. The van der Waals surface area contributed by atoms with Crippen LogP contribution in [0.1, 0.15) is 53.0 Å². The van der Waals surface area contributed by atoms with Gasteiger partial charge in [0.25, 0.3) is 0 Å². The van der Waals surface area contributed by atoms with E-state index in [2.05, 4.69) is 0 Å². The van der Waals surface area contributed by atoms with Gasteiger partial charge < -0.3 is 19.8 Å². The largest absolute Gasteiger partial charge is 0.491 e. The Morgan fingerprint density at radius 2 is 1.57 bits per heavy atom. The minimum absolute atomic E-state index is 0.0941. The van der Waals surface area contributed by atoms with Gasteiger partial charge in [0.15, 0.2) is 0 Å². The smallest absolute Gasteiger partial charge is 0.480 e. The summed E-state index contributed by atoms with van der Waals surface area (Å²) in [5, 5.41) is 0. The van der Waals surface area contributed by atoms with Crippen LogP contribution in [-0.2, 0) is 9.31 Å². The number of hydrogen-bond donors (Lipinski definition) is 1. The molecule has 1 aromatic carbocycles. The van der Waals surface area contributed by atoms with Gasteiger partial charge in [-0.25, -0.2) is 0 Å². The predicted molar refractivity (Wildman–Crippen MR) is 85.2 cm³/mol. The Balaban J connectivity index is 2.24. The lowest BCUT2D eigenvalue weighted by atomic mass is 9.74. The van der Waals surface area contributed by atoms with Gasteiger partial charge >= 0.3 is 7.12 Å². The van der Waals surface area contributed by atoms with Crippen molar-refractivity contribution in [3.8, 4) is 5.75 Å². The number of nitrogens with two attached hydrogens (primary N) is 1. The Morgan fingerprint density at radius 1 is 1.05 bits per heavy atom. The second kappa shape index (κ2) is 5.63. The molecule has 0 spiro atoms. The third-order valence-electron chi connectivity index (χ3n) is 4.21.